The molecule has 1 fully saturated rings. The van der Waals surface area contributed by atoms with E-state index in [9.17, 15) is 9.59 Å². The number of anilines is 3. The van der Waals surface area contributed by atoms with Gasteiger partial charge in [-0.15, -0.1) is 0 Å². The molecule has 1 aliphatic heterocycles. The third kappa shape index (κ3) is 4.02. The highest BCUT2D eigenvalue weighted by atomic mass is 16.5. The van der Waals surface area contributed by atoms with Crippen molar-refractivity contribution in [1.82, 2.24) is 15.0 Å². The van der Waals surface area contributed by atoms with Crippen molar-refractivity contribution in [3.63, 3.8) is 0 Å². The molecule has 0 radical (unpaired) electrons. The SMILES string of the molecule is CNc1nccc(-c2cccnc2Oc2ccc(N3C(=O)CN(c4ccccc4)C3=O)cc2)n1. The van der Waals surface area contributed by atoms with Crippen molar-refractivity contribution in [3.05, 3.63) is 85.2 Å². The van der Waals surface area contributed by atoms with Gasteiger partial charge in [-0.05, 0) is 54.6 Å². The molecule has 0 bridgehead atoms. The minimum atomic E-state index is -0.388. The molecule has 0 atom stereocenters. The van der Waals surface area contributed by atoms with Crippen LogP contribution < -0.4 is 19.9 Å². The fourth-order valence-electron chi connectivity index (χ4n) is 3.64. The van der Waals surface area contributed by atoms with Gasteiger partial charge in [-0.2, -0.15) is 0 Å². The maximum Gasteiger partial charge on any atom is 0.336 e. The summed E-state index contributed by atoms with van der Waals surface area (Å²) >= 11 is 0. The minimum Gasteiger partial charge on any atom is -0.438 e. The number of ether oxygens (including phenoxy) is 1. The van der Waals surface area contributed by atoms with Gasteiger partial charge in [-0.25, -0.2) is 24.6 Å². The molecule has 3 heterocycles. The predicted octanol–water partition coefficient (Wildman–Crippen LogP) is 4.35. The molecule has 168 valence electrons. The van der Waals surface area contributed by atoms with E-state index in [1.807, 2.05) is 24.3 Å². The Bertz CT molecular complexity index is 1340. The van der Waals surface area contributed by atoms with Crippen LogP contribution in [0.2, 0.25) is 0 Å². The molecule has 0 spiro atoms. The Morgan fingerprint density at radius 2 is 1.65 bits per heavy atom. The first kappa shape index (κ1) is 21.1. The quantitative estimate of drug-likeness (QED) is 0.434. The van der Waals surface area contributed by atoms with Crippen molar-refractivity contribution < 1.29 is 14.3 Å². The lowest BCUT2D eigenvalue weighted by molar-refractivity contribution is -0.115. The maximum atomic E-state index is 12.9. The van der Waals surface area contributed by atoms with E-state index >= 15 is 0 Å². The second-order valence-electron chi connectivity index (χ2n) is 7.40. The average Bonchev–Trinajstić information content (AvgIpc) is 3.19. The molecular weight excluding hydrogens is 432 g/mol. The van der Waals surface area contributed by atoms with Crippen LogP contribution in [0.15, 0.2) is 85.2 Å². The first-order chi connectivity index (χ1) is 16.6. The number of urea groups is 1. The van der Waals surface area contributed by atoms with E-state index in [4.69, 9.17) is 4.74 Å². The van der Waals surface area contributed by atoms with Crippen molar-refractivity contribution in [1.29, 1.82) is 0 Å². The molecule has 2 aromatic heterocycles. The standard InChI is InChI=1S/C25H20N6O3/c1-26-24-28-15-13-21(29-24)20-8-5-14-27-23(20)34-19-11-9-18(10-12-19)31-22(32)16-30(25(31)33)17-6-3-2-4-7-17/h2-15H,16H2,1H3,(H,26,28,29). The first-order valence-corrected chi connectivity index (χ1v) is 10.6. The highest BCUT2D eigenvalue weighted by Crippen LogP contribution is 2.32. The highest BCUT2D eigenvalue weighted by Gasteiger charge is 2.37. The van der Waals surface area contributed by atoms with Gasteiger partial charge in [0.05, 0.1) is 16.9 Å². The molecule has 5 rings (SSSR count). The molecule has 1 aliphatic rings. The van der Waals surface area contributed by atoms with Crippen LogP contribution in [0.3, 0.4) is 0 Å². The first-order valence-electron chi connectivity index (χ1n) is 10.6. The lowest BCUT2D eigenvalue weighted by Crippen LogP contribution is -2.32. The summed E-state index contributed by atoms with van der Waals surface area (Å²) in [5.74, 6) is 1.07. The minimum absolute atomic E-state index is 0.00800. The molecule has 9 nitrogen and oxygen atoms in total. The van der Waals surface area contributed by atoms with Gasteiger partial charge < -0.3 is 10.1 Å². The van der Waals surface area contributed by atoms with Crippen LogP contribution in [0.1, 0.15) is 0 Å². The smallest absolute Gasteiger partial charge is 0.336 e. The fourth-order valence-corrected chi connectivity index (χ4v) is 3.64. The van der Waals surface area contributed by atoms with Crippen LogP contribution >= 0.6 is 0 Å². The molecule has 2 aromatic carbocycles. The van der Waals surface area contributed by atoms with Gasteiger partial charge in [-0.3, -0.25) is 9.69 Å². The number of hydrogen-bond acceptors (Lipinski definition) is 7. The van der Waals surface area contributed by atoms with E-state index in [0.29, 0.717) is 40.2 Å². The number of aromatic nitrogens is 3. The number of hydrogen-bond donors (Lipinski definition) is 1. The molecule has 0 aliphatic carbocycles. The van der Waals surface area contributed by atoms with Crippen LogP contribution in [-0.2, 0) is 4.79 Å². The zero-order chi connectivity index (χ0) is 23.5. The van der Waals surface area contributed by atoms with Crippen LogP contribution in [0.5, 0.6) is 11.6 Å². The van der Waals surface area contributed by atoms with Gasteiger partial charge in [0.1, 0.15) is 12.3 Å². The van der Waals surface area contributed by atoms with Crippen LogP contribution in [-0.4, -0.2) is 40.5 Å². The summed E-state index contributed by atoms with van der Waals surface area (Å²) in [6, 6.07) is 20.9. The van der Waals surface area contributed by atoms with Crippen LogP contribution in [0.25, 0.3) is 11.3 Å². The van der Waals surface area contributed by atoms with E-state index in [2.05, 4.69) is 20.3 Å². The number of nitrogens with zero attached hydrogens (tertiary/aromatic N) is 5. The van der Waals surface area contributed by atoms with E-state index in [-0.39, 0.29) is 18.5 Å². The van der Waals surface area contributed by atoms with Crippen LogP contribution in [0, 0.1) is 0 Å². The third-order valence-corrected chi connectivity index (χ3v) is 5.27. The Labute approximate surface area is 195 Å². The molecule has 0 unspecified atom stereocenters. The number of rotatable bonds is 6. The molecule has 1 saturated heterocycles. The van der Waals surface area contributed by atoms with Crippen molar-refractivity contribution in [2.75, 3.05) is 28.7 Å². The molecule has 1 N–H and O–H groups in total. The summed E-state index contributed by atoms with van der Waals surface area (Å²) in [5, 5.41) is 2.91. The van der Waals surface area contributed by atoms with Gasteiger partial charge in [0.2, 0.25) is 11.8 Å². The molecule has 34 heavy (non-hydrogen) atoms. The Kier molecular flexibility index (Phi) is 5.57. The number of amides is 3. The largest absolute Gasteiger partial charge is 0.438 e. The molecule has 0 saturated carbocycles. The van der Waals surface area contributed by atoms with Gasteiger partial charge >= 0.3 is 6.03 Å². The summed E-state index contributed by atoms with van der Waals surface area (Å²) in [6.07, 6.45) is 3.29. The zero-order valence-electron chi connectivity index (χ0n) is 18.3. The number of carbonyl (C=O) groups is 2. The van der Waals surface area contributed by atoms with E-state index in [0.717, 1.165) is 0 Å². The Morgan fingerprint density at radius 1 is 0.853 bits per heavy atom. The Morgan fingerprint density at radius 3 is 2.41 bits per heavy atom. The number of para-hydroxylation sites is 1. The van der Waals surface area contributed by atoms with E-state index in [1.54, 1.807) is 68.0 Å². The summed E-state index contributed by atoms with van der Waals surface area (Å²) in [7, 11) is 1.75. The van der Waals surface area contributed by atoms with E-state index < -0.39 is 0 Å². The third-order valence-electron chi connectivity index (χ3n) is 5.27. The van der Waals surface area contributed by atoms with Gasteiger partial charge in [0.25, 0.3) is 5.91 Å². The normalized spacial score (nSPS) is 13.3. The molecule has 4 aromatic rings. The second-order valence-corrected chi connectivity index (χ2v) is 7.40. The lowest BCUT2D eigenvalue weighted by Gasteiger charge is -2.17. The van der Waals surface area contributed by atoms with Crippen molar-refractivity contribution in [2.24, 2.45) is 0 Å². The monoisotopic (exact) mass is 452 g/mol. The topological polar surface area (TPSA) is 101 Å². The molecular formula is C25H20N6O3. The summed E-state index contributed by atoms with van der Waals surface area (Å²) in [4.78, 5) is 41.1. The van der Waals surface area contributed by atoms with Crippen molar-refractivity contribution in [2.45, 2.75) is 0 Å². The lowest BCUT2D eigenvalue weighted by atomic mass is 10.2. The number of imide groups is 1. The fraction of sp³-hybridized carbons (Fsp3) is 0.0800. The summed E-state index contributed by atoms with van der Waals surface area (Å²) < 4.78 is 6.01. The number of benzene rings is 2. The Balaban J connectivity index is 1.37. The number of carbonyl (C=O) groups excluding carboxylic acids is 2. The Hall–Kier alpha value is -4.79. The molecule has 3 amide bonds. The predicted molar refractivity (Wildman–Crippen MR) is 128 cm³/mol. The maximum absolute atomic E-state index is 12.9. The zero-order valence-corrected chi connectivity index (χ0v) is 18.3. The van der Waals surface area contributed by atoms with Gasteiger partial charge in [0, 0.05) is 25.1 Å². The summed E-state index contributed by atoms with van der Waals surface area (Å²) in [6.45, 7) is -0.00800. The summed E-state index contributed by atoms with van der Waals surface area (Å²) in [5.41, 5.74) is 2.51. The van der Waals surface area contributed by atoms with Gasteiger partial charge in [0.15, 0.2) is 0 Å². The van der Waals surface area contributed by atoms with E-state index in [1.165, 1.54) is 9.80 Å². The number of pyridine rings is 1. The number of nitrogens with one attached hydrogen (secondary N) is 1. The molecule has 9 heteroatoms. The van der Waals surface area contributed by atoms with Crippen molar-refractivity contribution >= 4 is 29.3 Å². The average molecular weight is 452 g/mol. The second kappa shape index (κ2) is 8.99. The van der Waals surface area contributed by atoms with Gasteiger partial charge in [-0.1, -0.05) is 18.2 Å². The van der Waals surface area contributed by atoms with Crippen molar-refractivity contribution in [3.8, 4) is 22.9 Å². The van der Waals surface area contributed by atoms with Crippen LogP contribution in [0.4, 0.5) is 22.1 Å². The highest BCUT2D eigenvalue weighted by molar-refractivity contribution is 6.26.